The number of imidazole rings is 1. The molecule has 4 heterocycles. The smallest absolute Gasteiger partial charge is 0.246 e. The molecule has 2 aromatic carbocycles. The summed E-state index contributed by atoms with van der Waals surface area (Å²) < 4.78 is 15.9. The fourth-order valence-electron chi connectivity index (χ4n) is 4.04. The molecule has 0 N–H and O–H groups in total. The van der Waals surface area contributed by atoms with Gasteiger partial charge in [0, 0.05) is 22.9 Å². The fraction of sp³-hybridized carbons (Fsp3) is 0.0909. The van der Waals surface area contributed by atoms with Crippen LogP contribution in [0, 0.1) is 6.92 Å². The highest BCUT2D eigenvalue weighted by Gasteiger charge is 2.26. The number of benzene rings is 2. The van der Waals surface area contributed by atoms with Gasteiger partial charge in [-0.05, 0) is 18.6 Å². The van der Waals surface area contributed by atoms with Crippen LogP contribution in [0.4, 0.5) is 0 Å². The molecule has 0 spiro atoms. The number of nitrogens with zero attached hydrogens (tertiary/aromatic N) is 3. The van der Waals surface area contributed by atoms with E-state index in [0.29, 0.717) is 0 Å². The van der Waals surface area contributed by atoms with Gasteiger partial charge in [0.2, 0.25) is 5.69 Å². The minimum atomic E-state index is 0.798. The Morgan fingerprint density at radius 2 is 1.89 bits per heavy atom. The summed E-state index contributed by atoms with van der Waals surface area (Å²) in [7, 11) is 2.04. The molecule has 6 aromatic rings. The molecule has 0 saturated carbocycles. The molecule has 130 valence electrons. The van der Waals surface area contributed by atoms with Crippen LogP contribution in [0.2, 0.25) is 0 Å². The number of hydrogen-bond acceptors (Lipinski definition) is 3. The number of para-hydroxylation sites is 1. The van der Waals surface area contributed by atoms with Crippen LogP contribution in [0.25, 0.3) is 49.9 Å². The molecule has 4 aromatic heterocycles. The average Bonchev–Trinajstić information content (AvgIpc) is 3.35. The number of furan rings is 1. The molecule has 27 heavy (non-hydrogen) atoms. The van der Waals surface area contributed by atoms with Crippen molar-refractivity contribution in [3.8, 4) is 11.3 Å². The van der Waals surface area contributed by atoms with Gasteiger partial charge in [0.15, 0.2) is 17.4 Å². The van der Waals surface area contributed by atoms with Crippen LogP contribution in [0.1, 0.15) is 5.56 Å². The Morgan fingerprint density at radius 1 is 1.00 bits per heavy atom. The van der Waals surface area contributed by atoms with E-state index >= 15 is 0 Å². The lowest BCUT2D eigenvalue weighted by atomic mass is 10.00. The van der Waals surface area contributed by atoms with Crippen molar-refractivity contribution in [2.75, 3.05) is 0 Å². The van der Waals surface area contributed by atoms with Crippen LogP contribution in [0.5, 0.6) is 0 Å². The zero-order valence-corrected chi connectivity index (χ0v) is 14.9. The van der Waals surface area contributed by atoms with Crippen molar-refractivity contribution in [1.29, 1.82) is 0 Å². The zero-order chi connectivity index (χ0) is 18.1. The first-order valence-electron chi connectivity index (χ1n) is 8.88. The number of fused-ring (bicyclic) bond motifs is 6. The minimum Gasteiger partial charge on any atom is -0.455 e. The van der Waals surface area contributed by atoms with Gasteiger partial charge < -0.3 is 8.94 Å². The monoisotopic (exact) mass is 354 g/mol. The summed E-state index contributed by atoms with van der Waals surface area (Å²) in [6.45, 7) is 2.11. The highest BCUT2D eigenvalue weighted by atomic mass is 16.5. The van der Waals surface area contributed by atoms with Crippen LogP contribution in [-0.4, -0.2) is 9.56 Å². The molecule has 0 atom stereocenters. The van der Waals surface area contributed by atoms with Gasteiger partial charge >= 0.3 is 0 Å². The van der Waals surface area contributed by atoms with E-state index in [2.05, 4.69) is 34.7 Å². The Kier molecular flexibility index (Phi) is 2.68. The van der Waals surface area contributed by atoms with Crippen molar-refractivity contribution in [2.24, 2.45) is 7.05 Å². The van der Waals surface area contributed by atoms with E-state index in [-0.39, 0.29) is 0 Å². The molecular formula is C22H16N3O2+. The van der Waals surface area contributed by atoms with Gasteiger partial charge in [-0.2, -0.15) is 9.14 Å². The molecule has 5 heteroatoms. The quantitative estimate of drug-likeness (QED) is 0.399. The Labute approximate surface area is 154 Å². The first kappa shape index (κ1) is 14.6. The zero-order valence-electron chi connectivity index (χ0n) is 14.9. The molecule has 0 fully saturated rings. The van der Waals surface area contributed by atoms with Crippen molar-refractivity contribution in [2.45, 2.75) is 6.92 Å². The highest BCUT2D eigenvalue weighted by molar-refractivity contribution is 6.11. The van der Waals surface area contributed by atoms with Crippen LogP contribution < -0.4 is 4.57 Å². The predicted octanol–water partition coefficient (Wildman–Crippen LogP) is 4.78. The van der Waals surface area contributed by atoms with E-state index in [1.165, 1.54) is 0 Å². The van der Waals surface area contributed by atoms with Gasteiger partial charge in [0.05, 0.1) is 5.56 Å². The lowest BCUT2D eigenvalue weighted by molar-refractivity contribution is -0.659. The van der Waals surface area contributed by atoms with Crippen molar-refractivity contribution in [1.82, 2.24) is 9.56 Å². The summed E-state index contributed by atoms with van der Waals surface area (Å²) >= 11 is 0. The Balaban J connectivity index is 1.86. The number of pyridine rings is 1. The lowest BCUT2D eigenvalue weighted by Gasteiger charge is -2.06. The minimum absolute atomic E-state index is 0.798. The van der Waals surface area contributed by atoms with E-state index in [0.717, 1.165) is 55.4 Å². The fourth-order valence-corrected chi connectivity index (χ4v) is 4.04. The molecular weight excluding hydrogens is 338 g/mol. The maximum Gasteiger partial charge on any atom is 0.246 e. The van der Waals surface area contributed by atoms with Crippen molar-refractivity contribution in [3.63, 3.8) is 0 Å². The first-order valence-corrected chi connectivity index (χ1v) is 8.88. The lowest BCUT2D eigenvalue weighted by Crippen LogP contribution is -2.31. The van der Waals surface area contributed by atoms with Gasteiger partial charge in [-0.15, -0.1) is 0 Å². The number of aryl methyl sites for hydroxylation is 2. The van der Waals surface area contributed by atoms with Crippen molar-refractivity contribution < 1.29 is 13.5 Å². The van der Waals surface area contributed by atoms with Gasteiger partial charge in [0.25, 0.3) is 0 Å². The van der Waals surface area contributed by atoms with Crippen LogP contribution in [0.3, 0.4) is 0 Å². The Bertz CT molecular complexity index is 1500. The first-order chi connectivity index (χ1) is 13.2. The molecule has 0 amide bonds. The van der Waals surface area contributed by atoms with Gasteiger partial charge in [-0.25, -0.2) is 4.98 Å². The van der Waals surface area contributed by atoms with Crippen LogP contribution >= 0.6 is 0 Å². The van der Waals surface area contributed by atoms with Crippen LogP contribution in [-0.2, 0) is 7.05 Å². The third-order valence-corrected chi connectivity index (χ3v) is 5.30. The standard InChI is InChI=1S/C22H16N3O2/c1-13-7-8-15-14-5-3-4-6-17(14)27-22(15)19(13)21-20-16(9-11-24(21)2)23-18-10-12-26-25(18)20/h3-12H,1-2H3/q+1. The Hall–Kier alpha value is -3.60. The summed E-state index contributed by atoms with van der Waals surface area (Å²) in [5.41, 5.74) is 7.66. The normalized spacial score (nSPS) is 12.1. The molecule has 0 aliphatic heterocycles. The van der Waals surface area contributed by atoms with E-state index in [9.17, 15) is 0 Å². The number of hydrogen-bond donors (Lipinski definition) is 0. The number of rotatable bonds is 1. The maximum atomic E-state index is 6.32. The van der Waals surface area contributed by atoms with E-state index in [1.54, 1.807) is 10.8 Å². The van der Waals surface area contributed by atoms with E-state index in [1.807, 2.05) is 43.6 Å². The van der Waals surface area contributed by atoms with Crippen molar-refractivity contribution >= 4 is 38.6 Å². The predicted molar refractivity (Wildman–Crippen MR) is 104 cm³/mol. The second-order valence-corrected chi connectivity index (χ2v) is 6.91. The van der Waals surface area contributed by atoms with Gasteiger partial charge in [-0.3, -0.25) is 0 Å². The van der Waals surface area contributed by atoms with Gasteiger partial charge in [0.1, 0.15) is 30.0 Å². The molecule has 0 saturated heterocycles. The highest BCUT2D eigenvalue weighted by Crippen LogP contribution is 2.38. The molecule has 0 aliphatic carbocycles. The third-order valence-electron chi connectivity index (χ3n) is 5.30. The molecule has 0 bridgehead atoms. The summed E-state index contributed by atoms with van der Waals surface area (Å²) in [5.74, 6) is 0. The number of aromatic nitrogens is 3. The molecule has 0 radical (unpaired) electrons. The topological polar surface area (TPSA) is 47.5 Å². The second-order valence-electron chi connectivity index (χ2n) is 6.91. The maximum absolute atomic E-state index is 6.32. The second kappa shape index (κ2) is 4.98. The van der Waals surface area contributed by atoms with Crippen molar-refractivity contribution in [3.05, 3.63) is 66.6 Å². The Morgan fingerprint density at radius 3 is 2.81 bits per heavy atom. The molecule has 0 unspecified atom stereocenters. The largest absolute Gasteiger partial charge is 0.455 e. The third kappa shape index (κ3) is 1.83. The van der Waals surface area contributed by atoms with E-state index < -0.39 is 0 Å². The summed E-state index contributed by atoms with van der Waals surface area (Å²) in [4.78, 5) is 4.68. The molecule has 6 rings (SSSR count). The SMILES string of the molecule is Cc1ccc2c(oc3ccccc32)c1-c1c2c(cc[n+]1C)nc1ccon12. The summed E-state index contributed by atoms with van der Waals surface area (Å²) in [5, 5.41) is 2.24. The molecule has 0 aliphatic rings. The van der Waals surface area contributed by atoms with Gasteiger partial charge in [-0.1, -0.05) is 30.3 Å². The summed E-state index contributed by atoms with van der Waals surface area (Å²) in [6.07, 6.45) is 3.69. The average molecular weight is 354 g/mol. The molecule has 5 nitrogen and oxygen atoms in total. The van der Waals surface area contributed by atoms with Crippen LogP contribution in [0.15, 0.2) is 69.9 Å². The van der Waals surface area contributed by atoms with E-state index in [4.69, 9.17) is 8.94 Å². The summed E-state index contributed by atoms with van der Waals surface area (Å²) in [6, 6.07) is 16.3.